The van der Waals surface area contributed by atoms with Gasteiger partial charge in [0.2, 0.25) is 2.45 Å². The molecular formula is C2BrClF2S2. The van der Waals surface area contributed by atoms with Gasteiger partial charge in [0.25, 0.3) is 0 Å². The third-order valence-electron chi connectivity index (χ3n) is 0.475. The summed E-state index contributed by atoms with van der Waals surface area (Å²) in [5.41, 5.74) is 0. The summed E-state index contributed by atoms with van der Waals surface area (Å²) >= 11 is 9.00. The Morgan fingerprint density at radius 3 is 1.75 bits per heavy atom. The highest BCUT2D eigenvalue weighted by atomic mass is 79.9. The summed E-state index contributed by atoms with van der Waals surface area (Å²) in [5.74, 6) is 0. The predicted molar refractivity (Wildman–Crippen MR) is 37.6 cm³/mol. The molecule has 0 amide bonds. The highest BCUT2D eigenvalue weighted by Gasteiger charge is 2.57. The van der Waals surface area contributed by atoms with Gasteiger partial charge in [0, 0.05) is 0 Å². The summed E-state index contributed by atoms with van der Waals surface area (Å²) in [6, 6.07) is 0. The van der Waals surface area contributed by atoms with Crippen LogP contribution in [-0.4, -0.2) is 7.03 Å². The van der Waals surface area contributed by atoms with E-state index in [1.807, 2.05) is 0 Å². The van der Waals surface area contributed by atoms with Crippen LogP contribution in [0.5, 0.6) is 0 Å². The largest absolute Gasteiger partial charge is 0.348 e. The van der Waals surface area contributed by atoms with Gasteiger partial charge in [-0.25, -0.2) is 0 Å². The highest BCUT2D eigenvalue weighted by Crippen LogP contribution is 2.71. The Morgan fingerprint density at radius 1 is 1.38 bits per heavy atom. The van der Waals surface area contributed by atoms with E-state index in [0.29, 0.717) is 23.5 Å². The molecule has 1 saturated heterocycles. The molecule has 1 aliphatic heterocycles. The normalized spacial score (nSPS) is 31.5. The molecule has 0 N–H and O–H groups in total. The van der Waals surface area contributed by atoms with Crippen molar-refractivity contribution in [3.05, 3.63) is 0 Å². The number of rotatable bonds is 0. The van der Waals surface area contributed by atoms with Crippen LogP contribution in [0.15, 0.2) is 0 Å². The lowest BCUT2D eigenvalue weighted by Gasteiger charge is -2.35. The van der Waals surface area contributed by atoms with Crippen molar-refractivity contribution < 1.29 is 8.78 Å². The number of halogens is 4. The molecule has 0 unspecified atom stereocenters. The summed E-state index contributed by atoms with van der Waals surface area (Å²) in [6.07, 6.45) is 0. The maximum atomic E-state index is 11.8. The van der Waals surface area contributed by atoms with Crippen LogP contribution in [0.2, 0.25) is 0 Å². The van der Waals surface area contributed by atoms with Gasteiger partial charge in [0.05, 0.1) is 0 Å². The van der Waals surface area contributed by atoms with Gasteiger partial charge in [0.15, 0.2) is 0 Å². The molecule has 0 bridgehead atoms. The lowest BCUT2D eigenvalue weighted by atomic mass is 11.6. The molecule has 8 heavy (non-hydrogen) atoms. The van der Waals surface area contributed by atoms with E-state index < -0.39 is 7.03 Å². The predicted octanol–water partition coefficient (Wildman–Crippen LogP) is 3.26. The van der Waals surface area contributed by atoms with Crippen LogP contribution >= 0.6 is 51.1 Å². The number of hydrogen-bond donors (Lipinski definition) is 0. The van der Waals surface area contributed by atoms with Crippen molar-refractivity contribution in [1.82, 2.24) is 0 Å². The first kappa shape index (κ1) is 7.44. The molecule has 0 saturated carbocycles. The molecule has 0 aliphatic carbocycles. The van der Waals surface area contributed by atoms with Crippen LogP contribution in [0.3, 0.4) is 0 Å². The monoisotopic (exact) mass is 240 g/mol. The molecule has 0 aromatic heterocycles. The molecule has 48 valence electrons. The maximum absolute atomic E-state index is 11.8. The molecule has 1 heterocycles. The Kier molecular flexibility index (Phi) is 1.77. The minimum absolute atomic E-state index is 0.400. The highest BCUT2D eigenvalue weighted by molar-refractivity contribution is 9.15. The maximum Gasteiger partial charge on any atom is 0.348 e. The molecule has 1 fully saturated rings. The summed E-state index contributed by atoms with van der Waals surface area (Å²) in [4.78, 5) is 0. The van der Waals surface area contributed by atoms with Crippen molar-refractivity contribution in [3.8, 4) is 0 Å². The summed E-state index contributed by atoms with van der Waals surface area (Å²) in [7, 11) is 0. The van der Waals surface area contributed by atoms with Crippen molar-refractivity contribution >= 4 is 51.1 Å². The Morgan fingerprint density at radius 2 is 1.75 bits per heavy atom. The second-order valence-corrected chi connectivity index (χ2v) is 8.02. The first-order chi connectivity index (χ1) is 3.41. The smallest absolute Gasteiger partial charge is 0.182 e. The zero-order valence-corrected chi connectivity index (χ0v) is 7.30. The Labute approximate surface area is 66.8 Å². The summed E-state index contributed by atoms with van der Waals surface area (Å²) in [5, 5.41) is 0. The van der Waals surface area contributed by atoms with Crippen LogP contribution in [0.25, 0.3) is 0 Å². The van der Waals surface area contributed by atoms with Crippen molar-refractivity contribution in [2.24, 2.45) is 0 Å². The molecule has 1 rings (SSSR count). The molecule has 0 radical (unpaired) electrons. The van der Waals surface area contributed by atoms with Gasteiger partial charge < -0.3 is 0 Å². The minimum atomic E-state index is -2.69. The van der Waals surface area contributed by atoms with Gasteiger partial charge >= 0.3 is 4.59 Å². The standard InChI is InChI=1S/C2BrClF2S2/c3-1(4)7-2(5,6)8-1. The van der Waals surface area contributed by atoms with Gasteiger partial charge in [-0.05, 0) is 39.5 Å². The molecular weight excluding hydrogens is 242 g/mol. The van der Waals surface area contributed by atoms with E-state index in [2.05, 4.69) is 15.9 Å². The van der Waals surface area contributed by atoms with E-state index >= 15 is 0 Å². The fraction of sp³-hybridized carbons (Fsp3) is 1.00. The first-order valence-corrected chi connectivity index (χ1v) is 4.38. The Bertz CT molecular complexity index is 94.6. The lowest BCUT2D eigenvalue weighted by molar-refractivity contribution is 0.207. The molecule has 0 nitrogen and oxygen atoms in total. The zero-order valence-electron chi connectivity index (χ0n) is 3.33. The molecule has 1 aliphatic rings. The quantitative estimate of drug-likeness (QED) is 0.597. The molecule has 0 aromatic carbocycles. The number of alkyl halides is 4. The van der Waals surface area contributed by atoms with Crippen molar-refractivity contribution in [2.75, 3.05) is 0 Å². The van der Waals surface area contributed by atoms with Crippen LogP contribution in [-0.2, 0) is 0 Å². The molecule has 6 heteroatoms. The summed E-state index contributed by atoms with van der Waals surface area (Å²) < 4.78 is 20.0. The number of thioether (sulfide) groups is 2. The third kappa shape index (κ3) is 1.65. The van der Waals surface area contributed by atoms with Crippen LogP contribution in [0.4, 0.5) is 8.78 Å². The van der Waals surface area contributed by atoms with E-state index in [4.69, 9.17) is 11.6 Å². The van der Waals surface area contributed by atoms with E-state index in [1.165, 1.54) is 0 Å². The van der Waals surface area contributed by atoms with Crippen LogP contribution in [0.1, 0.15) is 0 Å². The fourth-order valence-corrected chi connectivity index (χ4v) is 4.70. The molecule has 0 atom stereocenters. The SMILES string of the molecule is FC1(F)SC(Cl)(Br)S1. The van der Waals surface area contributed by atoms with E-state index in [9.17, 15) is 8.78 Å². The third-order valence-corrected chi connectivity index (χ3v) is 3.86. The van der Waals surface area contributed by atoms with Gasteiger partial charge in [-0.15, -0.1) is 0 Å². The second kappa shape index (κ2) is 1.90. The van der Waals surface area contributed by atoms with E-state index in [1.54, 1.807) is 0 Å². The first-order valence-electron chi connectivity index (χ1n) is 1.57. The Balaban J connectivity index is 2.42. The van der Waals surface area contributed by atoms with Crippen molar-refractivity contribution in [2.45, 2.75) is 7.03 Å². The van der Waals surface area contributed by atoms with Gasteiger partial charge in [-0.1, -0.05) is 11.6 Å². The lowest BCUT2D eigenvalue weighted by Crippen LogP contribution is -2.27. The van der Waals surface area contributed by atoms with E-state index in [0.717, 1.165) is 0 Å². The second-order valence-electron chi connectivity index (χ2n) is 1.13. The van der Waals surface area contributed by atoms with Crippen LogP contribution in [0, 0.1) is 0 Å². The average Bonchev–Trinajstić information content (AvgIpc) is 1.20. The zero-order chi connectivity index (χ0) is 6.41. The van der Waals surface area contributed by atoms with Crippen molar-refractivity contribution in [1.29, 1.82) is 0 Å². The van der Waals surface area contributed by atoms with E-state index in [-0.39, 0.29) is 0 Å². The van der Waals surface area contributed by atoms with Gasteiger partial charge in [-0.3, -0.25) is 0 Å². The topological polar surface area (TPSA) is 0 Å². The molecule has 0 aromatic rings. The fourth-order valence-electron chi connectivity index (χ4n) is 0.284. The average molecular weight is 242 g/mol. The van der Waals surface area contributed by atoms with Gasteiger partial charge in [-0.2, -0.15) is 8.78 Å². The molecule has 0 spiro atoms. The van der Waals surface area contributed by atoms with Gasteiger partial charge in [0.1, 0.15) is 0 Å². The number of hydrogen-bond acceptors (Lipinski definition) is 2. The Hall–Kier alpha value is 1.33. The minimum Gasteiger partial charge on any atom is -0.182 e. The van der Waals surface area contributed by atoms with Crippen LogP contribution < -0.4 is 0 Å². The van der Waals surface area contributed by atoms with Crippen molar-refractivity contribution in [3.63, 3.8) is 0 Å². The summed E-state index contributed by atoms with van der Waals surface area (Å²) in [6.45, 7) is 0.